The number of hydrogen-bond donors (Lipinski definition) is 1. The highest BCUT2D eigenvalue weighted by molar-refractivity contribution is 6.02. The summed E-state index contributed by atoms with van der Waals surface area (Å²) in [5, 5.41) is 2.98. The fraction of sp³-hybridized carbons (Fsp3) is 0.364. The lowest BCUT2D eigenvalue weighted by atomic mass is 10.1. The molecule has 4 heteroatoms. The van der Waals surface area contributed by atoms with Crippen molar-refractivity contribution in [2.24, 2.45) is 11.8 Å². The van der Waals surface area contributed by atoms with Crippen molar-refractivity contribution in [2.75, 3.05) is 4.90 Å². The molecular formula is C22H24N2O2. The van der Waals surface area contributed by atoms with E-state index in [-0.39, 0.29) is 29.7 Å². The standard InChI is InChI=1S/C22H24N2O2/c1-14-6-5-7-16(10-14)13-23-21(25)18-12-19(18)22(26)24-15(2)11-17-8-3-4-9-20(17)24/h3-10,15,18-19H,11-13H2,1-2H3,(H,23,25). The molecule has 0 spiro atoms. The van der Waals surface area contributed by atoms with Gasteiger partial charge in [-0.1, -0.05) is 48.0 Å². The van der Waals surface area contributed by atoms with Gasteiger partial charge < -0.3 is 10.2 Å². The number of anilines is 1. The van der Waals surface area contributed by atoms with Crippen LogP contribution in [0.15, 0.2) is 48.5 Å². The summed E-state index contributed by atoms with van der Waals surface area (Å²) < 4.78 is 0. The molecule has 2 aliphatic rings. The maximum Gasteiger partial charge on any atom is 0.231 e. The first-order valence-electron chi connectivity index (χ1n) is 9.29. The molecular weight excluding hydrogens is 324 g/mol. The molecule has 4 nitrogen and oxygen atoms in total. The number of fused-ring (bicyclic) bond motifs is 1. The minimum absolute atomic E-state index is 0.00927. The largest absolute Gasteiger partial charge is 0.352 e. The first-order valence-corrected chi connectivity index (χ1v) is 9.29. The van der Waals surface area contributed by atoms with Gasteiger partial charge in [-0.3, -0.25) is 9.59 Å². The molecule has 1 aliphatic heterocycles. The van der Waals surface area contributed by atoms with Crippen LogP contribution in [0.1, 0.15) is 30.0 Å². The van der Waals surface area contributed by atoms with E-state index in [4.69, 9.17) is 0 Å². The highest BCUT2D eigenvalue weighted by Gasteiger charge is 2.51. The second-order valence-electron chi connectivity index (χ2n) is 7.55. The highest BCUT2D eigenvalue weighted by atomic mass is 16.2. The molecule has 0 aromatic heterocycles. The number of aryl methyl sites for hydroxylation is 1. The van der Waals surface area contributed by atoms with Crippen LogP contribution in [-0.2, 0) is 22.6 Å². The predicted octanol–water partition coefficient (Wildman–Crippen LogP) is 3.23. The molecule has 2 aromatic carbocycles. The molecule has 4 rings (SSSR count). The van der Waals surface area contributed by atoms with Gasteiger partial charge in [-0.05, 0) is 43.9 Å². The number of carbonyl (C=O) groups excluding carboxylic acids is 2. The van der Waals surface area contributed by atoms with E-state index >= 15 is 0 Å². The maximum atomic E-state index is 13.0. The molecule has 2 amide bonds. The average molecular weight is 348 g/mol. The summed E-state index contributed by atoms with van der Waals surface area (Å²) in [5.74, 6) is -0.281. The Morgan fingerprint density at radius 1 is 1.12 bits per heavy atom. The third-order valence-electron chi connectivity index (χ3n) is 5.44. The molecule has 1 N–H and O–H groups in total. The molecule has 0 saturated heterocycles. The number of para-hydroxylation sites is 1. The third-order valence-corrected chi connectivity index (χ3v) is 5.44. The van der Waals surface area contributed by atoms with Crippen LogP contribution in [0.25, 0.3) is 0 Å². The van der Waals surface area contributed by atoms with Crippen LogP contribution >= 0.6 is 0 Å². The lowest BCUT2D eigenvalue weighted by molar-refractivity contribution is -0.126. The van der Waals surface area contributed by atoms with Crippen LogP contribution in [0, 0.1) is 18.8 Å². The molecule has 1 fully saturated rings. The maximum absolute atomic E-state index is 13.0. The summed E-state index contributed by atoms with van der Waals surface area (Å²) in [6.07, 6.45) is 1.54. The molecule has 134 valence electrons. The van der Waals surface area contributed by atoms with Crippen molar-refractivity contribution in [2.45, 2.75) is 39.3 Å². The Hall–Kier alpha value is -2.62. The Labute approximate surface area is 154 Å². The van der Waals surface area contributed by atoms with E-state index in [1.807, 2.05) is 48.2 Å². The topological polar surface area (TPSA) is 49.4 Å². The fourth-order valence-corrected chi connectivity index (χ4v) is 3.98. The molecule has 26 heavy (non-hydrogen) atoms. The third kappa shape index (κ3) is 3.12. The van der Waals surface area contributed by atoms with E-state index in [1.54, 1.807) is 0 Å². The minimum atomic E-state index is -0.188. The van der Waals surface area contributed by atoms with E-state index in [0.29, 0.717) is 13.0 Å². The van der Waals surface area contributed by atoms with Gasteiger partial charge in [0, 0.05) is 18.3 Å². The summed E-state index contributed by atoms with van der Waals surface area (Å²) in [4.78, 5) is 27.3. The number of hydrogen-bond acceptors (Lipinski definition) is 2. The van der Waals surface area contributed by atoms with Crippen LogP contribution < -0.4 is 10.2 Å². The zero-order chi connectivity index (χ0) is 18.3. The van der Waals surface area contributed by atoms with Crippen molar-refractivity contribution in [1.29, 1.82) is 0 Å². The molecule has 1 saturated carbocycles. The number of nitrogens with zero attached hydrogens (tertiary/aromatic N) is 1. The highest BCUT2D eigenvalue weighted by Crippen LogP contribution is 2.43. The average Bonchev–Trinajstić information content (AvgIpc) is 3.35. The lowest BCUT2D eigenvalue weighted by Gasteiger charge is -2.23. The molecule has 0 radical (unpaired) electrons. The van der Waals surface area contributed by atoms with Gasteiger partial charge in [0.1, 0.15) is 0 Å². The van der Waals surface area contributed by atoms with Crippen LogP contribution in [0.3, 0.4) is 0 Å². The molecule has 0 bridgehead atoms. The summed E-state index contributed by atoms with van der Waals surface area (Å²) in [6, 6.07) is 16.3. The normalized spacial score (nSPS) is 23.5. The summed E-state index contributed by atoms with van der Waals surface area (Å²) in [5.41, 5.74) is 4.49. The monoisotopic (exact) mass is 348 g/mol. The van der Waals surface area contributed by atoms with E-state index in [9.17, 15) is 9.59 Å². The molecule has 3 unspecified atom stereocenters. The number of amides is 2. The van der Waals surface area contributed by atoms with Crippen molar-refractivity contribution >= 4 is 17.5 Å². The van der Waals surface area contributed by atoms with E-state index in [2.05, 4.69) is 24.4 Å². The summed E-state index contributed by atoms with van der Waals surface area (Å²) in [7, 11) is 0. The van der Waals surface area contributed by atoms with Gasteiger partial charge in [-0.2, -0.15) is 0 Å². The number of rotatable bonds is 4. The van der Waals surface area contributed by atoms with Crippen LogP contribution in [-0.4, -0.2) is 17.9 Å². The van der Waals surface area contributed by atoms with Crippen molar-refractivity contribution in [3.05, 3.63) is 65.2 Å². The molecule has 1 heterocycles. The van der Waals surface area contributed by atoms with Gasteiger partial charge in [0.2, 0.25) is 11.8 Å². The number of carbonyl (C=O) groups is 2. The van der Waals surface area contributed by atoms with Gasteiger partial charge >= 0.3 is 0 Å². The van der Waals surface area contributed by atoms with Crippen LogP contribution in [0.2, 0.25) is 0 Å². The van der Waals surface area contributed by atoms with Gasteiger partial charge in [-0.25, -0.2) is 0 Å². The molecule has 2 aromatic rings. The molecule has 3 atom stereocenters. The number of nitrogens with one attached hydrogen (secondary N) is 1. The quantitative estimate of drug-likeness (QED) is 0.922. The Morgan fingerprint density at radius 2 is 1.92 bits per heavy atom. The Balaban J connectivity index is 1.37. The number of benzene rings is 2. The van der Waals surface area contributed by atoms with Crippen LogP contribution in [0.5, 0.6) is 0 Å². The first-order chi connectivity index (χ1) is 12.5. The predicted molar refractivity (Wildman–Crippen MR) is 102 cm³/mol. The Morgan fingerprint density at radius 3 is 2.73 bits per heavy atom. The molecule has 1 aliphatic carbocycles. The van der Waals surface area contributed by atoms with Crippen LogP contribution in [0.4, 0.5) is 5.69 Å². The van der Waals surface area contributed by atoms with Gasteiger partial charge in [0.25, 0.3) is 0 Å². The zero-order valence-electron chi connectivity index (χ0n) is 15.2. The van der Waals surface area contributed by atoms with Gasteiger partial charge in [0.15, 0.2) is 0 Å². The lowest BCUT2D eigenvalue weighted by Crippen LogP contribution is -2.38. The van der Waals surface area contributed by atoms with Gasteiger partial charge in [-0.15, -0.1) is 0 Å². The Kier molecular flexibility index (Phi) is 4.27. The van der Waals surface area contributed by atoms with Crippen molar-refractivity contribution in [1.82, 2.24) is 5.32 Å². The first kappa shape index (κ1) is 16.8. The SMILES string of the molecule is Cc1cccc(CNC(=O)C2CC2C(=O)N2c3ccccc3CC2C)c1. The smallest absolute Gasteiger partial charge is 0.231 e. The summed E-state index contributed by atoms with van der Waals surface area (Å²) >= 11 is 0. The van der Waals surface area contributed by atoms with E-state index in [0.717, 1.165) is 17.7 Å². The Bertz CT molecular complexity index is 861. The van der Waals surface area contributed by atoms with Crippen molar-refractivity contribution in [3.8, 4) is 0 Å². The van der Waals surface area contributed by atoms with Crippen molar-refractivity contribution in [3.63, 3.8) is 0 Å². The van der Waals surface area contributed by atoms with Gasteiger partial charge in [0.05, 0.1) is 11.8 Å². The fourth-order valence-electron chi connectivity index (χ4n) is 3.98. The summed E-state index contributed by atoms with van der Waals surface area (Å²) in [6.45, 7) is 4.63. The zero-order valence-corrected chi connectivity index (χ0v) is 15.2. The van der Waals surface area contributed by atoms with E-state index < -0.39 is 0 Å². The second kappa shape index (κ2) is 6.60. The van der Waals surface area contributed by atoms with E-state index in [1.165, 1.54) is 11.1 Å². The minimum Gasteiger partial charge on any atom is -0.352 e. The van der Waals surface area contributed by atoms with Crippen molar-refractivity contribution < 1.29 is 9.59 Å². The second-order valence-corrected chi connectivity index (χ2v) is 7.55.